The Kier molecular flexibility index (Phi) is 3.14. The summed E-state index contributed by atoms with van der Waals surface area (Å²) in [5.74, 6) is -0.577. The van der Waals surface area contributed by atoms with Crippen molar-refractivity contribution in [1.29, 1.82) is 0 Å². The molecule has 2 aromatic carbocycles. The highest BCUT2D eigenvalue weighted by molar-refractivity contribution is 9.10. The van der Waals surface area contributed by atoms with Gasteiger partial charge >= 0.3 is 0 Å². The topological polar surface area (TPSA) is 39.1 Å². The van der Waals surface area contributed by atoms with Crippen molar-refractivity contribution in [2.24, 2.45) is 0 Å². The van der Waals surface area contributed by atoms with Gasteiger partial charge < -0.3 is 0 Å². The summed E-state index contributed by atoms with van der Waals surface area (Å²) in [5, 5.41) is 0.256. The van der Waals surface area contributed by atoms with Gasteiger partial charge in [0, 0.05) is 4.47 Å². The number of hydrogen-bond acceptors (Lipinski definition) is 2. The zero-order valence-electron chi connectivity index (χ0n) is 10.1. The second-order valence-electron chi connectivity index (χ2n) is 4.22. The van der Waals surface area contributed by atoms with Crippen LogP contribution in [-0.2, 0) is 10.0 Å². The van der Waals surface area contributed by atoms with Crippen LogP contribution < -0.4 is 0 Å². The predicted molar refractivity (Wildman–Crippen MR) is 78.6 cm³/mol. The molecule has 0 N–H and O–H groups in total. The molecule has 0 saturated carbocycles. The van der Waals surface area contributed by atoms with Crippen molar-refractivity contribution in [3.05, 3.63) is 65.0 Å². The van der Waals surface area contributed by atoms with E-state index in [2.05, 4.69) is 15.9 Å². The normalized spacial score (nSPS) is 11.9. The molecule has 3 rings (SSSR count). The number of aromatic nitrogens is 1. The third-order valence-electron chi connectivity index (χ3n) is 3.00. The van der Waals surface area contributed by atoms with Gasteiger partial charge in [-0.25, -0.2) is 16.8 Å². The first-order valence-corrected chi connectivity index (χ1v) is 8.01. The van der Waals surface area contributed by atoms with Gasteiger partial charge in [0.1, 0.15) is 0 Å². The molecule has 1 heterocycles. The van der Waals surface area contributed by atoms with E-state index in [1.54, 1.807) is 36.4 Å². The molecule has 0 amide bonds. The Labute approximate surface area is 123 Å². The first-order valence-electron chi connectivity index (χ1n) is 5.77. The average Bonchev–Trinajstić information content (AvgIpc) is 2.79. The number of halogens is 2. The second kappa shape index (κ2) is 4.71. The summed E-state index contributed by atoms with van der Waals surface area (Å²) in [4.78, 5) is 0.122. The van der Waals surface area contributed by atoms with E-state index in [0.29, 0.717) is 9.99 Å². The van der Waals surface area contributed by atoms with Gasteiger partial charge in [0.15, 0.2) is 5.82 Å². The van der Waals surface area contributed by atoms with Gasteiger partial charge in [-0.1, -0.05) is 24.3 Å². The van der Waals surface area contributed by atoms with Gasteiger partial charge in [0.25, 0.3) is 10.0 Å². The molecule has 0 aliphatic carbocycles. The van der Waals surface area contributed by atoms with Crippen LogP contribution in [0.1, 0.15) is 0 Å². The maximum atomic E-state index is 14.0. The molecule has 0 unspecified atom stereocenters. The molecule has 3 nitrogen and oxygen atoms in total. The SMILES string of the molecule is O=S(=O)(c1ccccc1)n1cc(F)c2c(Br)cccc21. The quantitative estimate of drug-likeness (QED) is 0.703. The highest BCUT2D eigenvalue weighted by Gasteiger charge is 2.21. The van der Waals surface area contributed by atoms with Crippen molar-refractivity contribution in [2.75, 3.05) is 0 Å². The Morgan fingerprint density at radius 2 is 1.70 bits per heavy atom. The van der Waals surface area contributed by atoms with Crippen LogP contribution in [0.2, 0.25) is 0 Å². The van der Waals surface area contributed by atoms with Gasteiger partial charge in [0.2, 0.25) is 0 Å². The largest absolute Gasteiger partial charge is 0.268 e. The lowest BCUT2D eigenvalue weighted by Gasteiger charge is -2.07. The predicted octanol–water partition coefficient (Wildman–Crippen LogP) is 3.78. The van der Waals surface area contributed by atoms with Gasteiger partial charge in [0.05, 0.1) is 22.0 Å². The Balaban J connectivity index is 2.34. The summed E-state index contributed by atoms with van der Waals surface area (Å²) in [7, 11) is -3.81. The monoisotopic (exact) mass is 353 g/mol. The van der Waals surface area contributed by atoms with E-state index in [9.17, 15) is 12.8 Å². The third-order valence-corrected chi connectivity index (χ3v) is 5.35. The Bertz CT molecular complexity index is 888. The zero-order chi connectivity index (χ0) is 14.3. The summed E-state index contributed by atoms with van der Waals surface area (Å²) >= 11 is 3.24. The molecule has 0 fully saturated rings. The smallest absolute Gasteiger partial charge is 0.238 e. The van der Waals surface area contributed by atoms with E-state index in [4.69, 9.17) is 0 Å². The minimum atomic E-state index is -3.81. The van der Waals surface area contributed by atoms with Gasteiger partial charge in [-0.15, -0.1) is 0 Å². The van der Waals surface area contributed by atoms with Crippen molar-refractivity contribution >= 4 is 36.9 Å². The fraction of sp³-hybridized carbons (Fsp3) is 0. The van der Waals surface area contributed by atoms with Crippen LogP contribution in [-0.4, -0.2) is 12.4 Å². The van der Waals surface area contributed by atoms with Crippen molar-refractivity contribution in [3.63, 3.8) is 0 Å². The zero-order valence-corrected chi connectivity index (χ0v) is 12.5. The molecule has 6 heteroatoms. The Hall–Kier alpha value is -1.66. The maximum Gasteiger partial charge on any atom is 0.268 e. The molecule has 0 saturated heterocycles. The van der Waals surface area contributed by atoms with Crippen molar-refractivity contribution in [1.82, 2.24) is 3.97 Å². The molecule has 1 aromatic heterocycles. The van der Waals surface area contributed by atoms with E-state index in [1.807, 2.05) is 0 Å². The number of benzene rings is 2. The van der Waals surface area contributed by atoms with E-state index < -0.39 is 15.8 Å². The molecule has 0 radical (unpaired) electrons. The van der Waals surface area contributed by atoms with Crippen LogP contribution in [0.4, 0.5) is 4.39 Å². The van der Waals surface area contributed by atoms with Crippen LogP contribution in [0.5, 0.6) is 0 Å². The standard InChI is InChI=1S/C14H9BrFNO2S/c15-11-7-4-8-13-14(11)12(16)9-17(13)20(18,19)10-5-2-1-3-6-10/h1-9H. The number of hydrogen-bond donors (Lipinski definition) is 0. The second-order valence-corrected chi connectivity index (χ2v) is 6.89. The molecule has 0 atom stereocenters. The van der Waals surface area contributed by atoms with Crippen LogP contribution in [0.25, 0.3) is 10.9 Å². The molecule has 3 aromatic rings. The van der Waals surface area contributed by atoms with Crippen LogP contribution >= 0.6 is 15.9 Å². The van der Waals surface area contributed by atoms with E-state index >= 15 is 0 Å². The molecule has 0 aliphatic heterocycles. The lowest BCUT2D eigenvalue weighted by molar-refractivity contribution is 0.586. The number of nitrogens with zero attached hydrogens (tertiary/aromatic N) is 1. The minimum Gasteiger partial charge on any atom is -0.238 e. The van der Waals surface area contributed by atoms with E-state index in [0.717, 1.165) is 10.2 Å². The van der Waals surface area contributed by atoms with Crippen LogP contribution in [0.3, 0.4) is 0 Å². The third kappa shape index (κ3) is 1.96. The summed E-state index contributed by atoms with van der Waals surface area (Å²) in [6.45, 7) is 0. The highest BCUT2D eigenvalue weighted by Crippen LogP contribution is 2.30. The Morgan fingerprint density at radius 1 is 1.00 bits per heavy atom. The summed E-state index contributed by atoms with van der Waals surface area (Å²) in [6, 6.07) is 12.9. The fourth-order valence-electron chi connectivity index (χ4n) is 2.07. The first kappa shape index (κ1) is 13.3. The molecule has 102 valence electrons. The average molecular weight is 354 g/mol. The molecule has 0 aliphatic rings. The molecular formula is C14H9BrFNO2S. The summed E-state index contributed by atoms with van der Waals surface area (Å²) < 4.78 is 40.6. The maximum absolute atomic E-state index is 14.0. The van der Waals surface area contributed by atoms with Gasteiger partial charge in [-0.2, -0.15) is 0 Å². The molecular weight excluding hydrogens is 345 g/mol. The summed E-state index contributed by atoms with van der Waals surface area (Å²) in [5.41, 5.74) is 0.306. The lowest BCUT2D eigenvalue weighted by Crippen LogP contribution is -2.11. The molecule has 0 bridgehead atoms. The highest BCUT2D eigenvalue weighted by atomic mass is 79.9. The van der Waals surface area contributed by atoms with Crippen LogP contribution in [0.15, 0.2) is 64.1 Å². The Morgan fingerprint density at radius 3 is 2.40 bits per heavy atom. The van der Waals surface area contributed by atoms with Crippen LogP contribution in [0, 0.1) is 5.82 Å². The lowest BCUT2D eigenvalue weighted by atomic mass is 10.2. The first-order chi connectivity index (χ1) is 9.51. The number of fused-ring (bicyclic) bond motifs is 1. The molecule has 20 heavy (non-hydrogen) atoms. The van der Waals surface area contributed by atoms with E-state index in [1.165, 1.54) is 12.1 Å². The molecule has 0 spiro atoms. The van der Waals surface area contributed by atoms with Gasteiger partial charge in [-0.3, -0.25) is 0 Å². The fourth-order valence-corrected chi connectivity index (χ4v) is 3.99. The van der Waals surface area contributed by atoms with E-state index in [-0.39, 0.29) is 10.3 Å². The number of rotatable bonds is 2. The van der Waals surface area contributed by atoms with Crippen molar-refractivity contribution in [3.8, 4) is 0 Å². The summed E-state index contributed by atoms with van der Waals surface area (Å²) in [6.07, 6.45) is 0.998. The van der Waals surface area contributed by atoms with Gasteiger partial charge in [-0.05, 0) is 40.2 Å². The van der Waals surface area contributed by atoms with Crippen molar-refractivity contribution < 1.29 is 12.8 Å². The van der Waals surface area contributed by atoms with Crippen molar-refractivity contribution in [2.45, 2.75) is 4.90 Å². The minimum absolute atomic E-state index is 0.122.